The van der Waals surface area contributed by atoms with Crippen molar-refractivity contribution in [3.05, 3.63) is 101 Å². The first-order valence-electron chi connectivity index (χ1n) is 10.8. The summed E-state index contributed by atoms with van der Waals surface area (Å²) in [5.41, 5.74) is 7.65. The van der Waals surface area contributed by atoms with Crippen LogP contribution in [0.2, 0.25) is 0 Å². The molecular weight excluding hydrogens is 448 g/mol. The lowest BCUT2D eigenvalue weighted by Gasteiger charge is -2.17. The number of nitrogens with zero attached hydrogens (tertiary/aromatic N) is 2. The van der Waals surface area contributed by atoms with E-state index in [1.54, 1.807) is 54.7 Å². The van der Waals surface area contributed by atoms with Crippen LogP contribution in [0.15, 0.2) is 82.8 Å². The van der Waals surface area contributed by atoms with E-state index in [1.807, 2.05) is 38.1 Å². The second-order valence-electron chi connectivity index (χ2n) is 8.18. The van der Waals surface area contributed by atoms with E-state index in [-0.39, 0.29) is 17.3 Å². The number of amides is 1. The van der Waals surface area contributed by atoms with Crippen molar-refractivity contribution < 1.29 is 13.2 Å². The Balaban J connectivity index is 1.40. The molecule has 0 fully saturated rings. The first-order chi connectivity index (χ1) is 16.3. The van der Waals surface area contributed by atoms with E-state index in [4.69, 9.17) is 0 Å². The summed E-state index contributed by atoms with van der Waals surface area (Å²) >= 11 is 0. The zero-order chi connectivity index (χ0) is 24.3. The second-order valence-corrected chi connectivity index (χ2v) is 10.2. The number of benzene rings is 3. The molecule has 0 aliphatic heterocycles. The van der Waals surface area contributed by atoms with Gasteiger partial charge in [0.2, 0.25) is 10.0 Å². The number of hydrogen-bond acceptors (Lipinski definition) is 4. The van der Waals surface area contributed by atoms with Crippen LogP contribution >= 0.6 is 0 Å². The molecule has 7 nitrogen and oxygen atoms in total. The molecule has 0 unspecified atom stereocenters. The largest absolute Gasteiger partial charge is 0.358 e. The SMILES string of the molecule is Cc1ccc(S(=O)(=O)N(C)Cc2ccc(C(=O)NN=Cc3c(C)[nH]c4ccccc34)cc2)cc1. The molecule has 4 rings (SSSR count). The molecule has 0 aliphatic carbocycles. The number of sulfonamides is 1. The molecule has 0 bridgehead atoms. The number of rotatable bonds is 7. The summed E-state index contributed by atoms with van der Waals surface area (Å²) in [6, 6.07) is 21.4. The van der Waals surface area contributed by atoms with E-state index in [1.165, 1.54) is 11.4 Å². The first-order valence-corrected chi connectivity index (χ1v) is 12.2. The number of carbonyl (C=O) groups excluding carboxylic acids is 1. The number of fused-ring (bicyclic) bond motifs is 1. The molecule has 1 heterocycles. The molecule has 1 amide bonds. The Morgan fingerprint density at radius 1 is 1.00 bits per heavy atom. The summed E-state index contributed by atoms with van der Waals surface area (Å²) in [6.45, 7) is 4.06. The highest BCUT2D eigenvalue weighted by Crippen LogP contribution is 2.20. The number of hydrazone groups is 1. The summed E-state index contributed by atoms with van der Waals surface area (Å²) in [5.74, 6) is -0.346. The Kier molecular flexibility index (Phi) is 6.63. The van der Waals surface area contributed by atoms with Crippen LogP contribution in [0.1, 0.15) is 32.7 Å². The van der Waals surface area contributed by atoms with E-state index in [2.05, 4.69) is 15.5 Å². The number of aromatic amines is 1. The molecule has 1 aromatic heterocycles. The van der Waals surface area contributed by atoms with Crippen LogP contribution in [-0.4, -0.2) is 36.9 Å². The minimum atomic E-state index is -3.60. The van der Waals surface area contributed by atoms with Gasteiger partial charge in [0, 0.05) is 41.3 Å². The number of aryl methyl sites for hydroxylation is 2. The molecule has 0 aliphatic rings. The van der Waals surface area contributed by atoms with Crippen molar-refractivity contribution >= 4 is 33.0 Å². The molecule has 0 radical (unpaired) electrons. The van der Waals surface area contributed by atoms with Crippen LogP contribution in [0.25, 0.3) is 10.9 Å². The van der Waals surface area contributed by atoms with Gasteiger partial charge in [-0.25, -0.2) is 13.8 Å². The number of aromatic nitrogens is 1. The zero-order valence-corrected chi connectivity index (χ0v) is 20.1. The van der Waals surface area contributed by atoms with Gasteiger partial charge in [0.05, 0.1) is 11.1 Å². The van der Waals surface area contributed by atoms with Crippen LogP contribution in [0.5, 0.6) is 0 Å². The molecule has 0 atom stereocenters. The lowest BCUT2D eigenvalue weighted by Crippen LogP contribution is -2.26. The van der Waals surface area contributed by atoms with Crippen molar-refractivity contribution in [1.29, 1.82) is 0 Å². The van der Waals surface area contributed by atoms with E-state index >= 15 is 0 Å². The maximum Gasteiger partial charge on any atom is 0.271 e. The van der Waals surface area contributed by atoms with Crippen molar-refractivity contribution in [3.8, 4) is 0 Å². The van der Waals surface area contributed by atoms with Gasteiger partial charge in [-0.15, -0.1) is 0 Å². The molecule has 8 heteroatoms. The van der Waals surface area contributed by atoms with E-state index < -0.39 is 10.0 Å². The molecule has 4 aromatic rings. The summed E-state index contributed by atoms with van der Waals surface area (Å²) in [5, 5.41) is 5.15. The number of H-pyrrole nitrogens is 1. The highest BCUT2D eigenvalue weighted by molar-refractivity contribution is 7.89. The number of para-hydroxylation sites is 1. The highest BCUT2D eigenvalue weighted by atomic mass is 32.2. The molecule has 174 valence electrons. The standard InChI is InChI=1S/C26H26N4O3S/c1-18-8-14-22(15-9-18)34(32,33)30(3)17-20-10-12-21(13-11-20)26(31)29-27-16-24-19(2)28-25-7-5-4-6-23(24)25/h4-16,28H,17H2,1-3H3,(H,29,31). The molecule has 34 heavy (non-hydrogen) atoms. The molecule has 0 saturated carbocycles. The lowest BCUT2D eigenvalue weighted by atomic mass is 10.1. The second kappa shape index (κ2) is 9.62. The summed E-state index contributed by atoms with van der Waals surface area (Å²) in [4.78, 5) is 16.0. The van der Waals surface area contributed by atoms with Crippen molar-refractivity contribution in [1.82, 2.24) is 14.7 Å². The lowest BCUT2D eigenvalue weighted by molar-refractivity contribution is 0.0955. The van der Waals surface area contributed by atoms with Crippen LogP contribution < -0.4 is 5.43 Å². The number of carbonyl (C=O) groups is 1. The summed E-state index contributed by atoms with van der Waals surface area (Å²) in [6.07, 6.45) is 1.63. The van der Waals surface area contributed by atoms with Gasteiger partial charge in [0.15, 0.2) is 0 Å². The van der Waals surface area contributed by atoms with Gasteiger partial charge in [-0.2, -0.15) is 9.41 Å². The normalized spacial score (nSPS) is 12.0. The summed E-state index contributed by atoms with van der Waals surface area (Å²) < 4.78 is 26.9. The predicted molar refractivity (Wildman–Crippen MR) is 134 cm³/mol. The molecule has 3 aromatic carbocycles. The zero-order valence-electron chi connectivity index (χ0n) is 19.2. The Labute approximate surface area is 199 Å². The van der Waals surface area contributed by atoms with Gasteiger partial charge in [0.25, 0.3) is 5.91 Å². The van der Waals surface area contributed by atoms with Gasteiger partial charge in [0.1, 0.15) is 0 Å². The van der Waals surface area contributed by atoms with Gasteiger partial charge in [-0.3, -0.25) is 4.79 Å². The molecule has 0 saturated heterocycles. The van der Waals surface area contributed by atoms with Crippen LogP contribution in [0.3, 0.4) is 0 Å². The average molecular weight is 475 g/mol. The average Bonchev–Trinajstić information content (AvgIpc) is 3.14. The topological polar surface area (TPSA) is 94.6 Å². The van der Waals surface area contributed by atoms with Crippen molar-refractivity contribution in [2.24, 2.45) is 5.10 Å². The smallest absolute Gasteiger partial charge is 0.271 e. The quantitative estimate of drug-likeness (QED) is 0.308. The van der Waals surface area contributed by atoms with Gasteiger partial charge >= 0.3 is 0 Å². The first kappa shape index (κ1) is 23.4. The van der Waals surface area contributed by atoms with E-state index in [0.717, 1.165) is 33.3 Å². The van der Waals surface area contributed by atoms with Crippen LogP contribution in [-0.2, 0) is 16.6 Å². The third-order valence-corrected chi connectivity index (χ3v) is 7.47. The fourth-order valence-electron chi connectivity index (χ4n) is 3.68. The Hall–Kier alpha value is -3.75. The molecule has 2 N–H and O–H groups in total. The van der Waals surface area contributed by atoms with Gasteiger partial charge < -0.3 is 4.98 Å². The Morgan fingerprint density at radius 2 is 1.68 bits per heavy atom. The third-order valence-electron chi connectivity index (χ3n) is 5.65. The van der Waals surface area contributed by atoms with Crippen molar-refractivity contribution in [2.45, 2.75) is 25.3 Å². The van der Waals surface area contributed by atoms with Crippen LogP contribution in [0.4, 0.5) is 0 Å². The minimum Gasteiger partial charge on any atom is -0.358 e. The summed E-state index contributed by atoms with van der Waals surface area (Å²) in [7, 11) is -2.06. The number of hydrogen-bond donors (Lipinski definition) is 2. The van der Waals surface area contributed by atoms with E-state index in [9.17, 15) is 13.2 Å². The van der Waals surface area contributed by atoms with Gasteiger partial charge in [-0.05, 0) is 49.7 Å². The Morgan fingerprint density at radius 3 is 2.38 bits per heavy atom. The molecular formula is C26H26N4O3S. The highest BCUT2D eigenvalue weighted by Gasteiger charge is 2.20. The van der Waals surface area contributed by atoms with Crippen molar-refractivity contribution in [3.63, 3.8) is 0 Å². The maximum atomic E-state index is 12.8. The fraction of sp³-hybridized carbons (Fsp3) is 0.154. The van der Waals surface area contributed by atoms with Crippen molar-refractivity contribution in [2.75, 3.05) is 7.05 Å². The predicted octanol–water partition coefficient (Wildman–Crippen LogP) is 4.37. The maximum absolute atomic E-state index is 12.8. The van der Waals surface area contributed by atoms with Gasteiger partial charge in [-0.1, -0.05) is 48.0 Å². The minimum absolute atomic E-state index is 0.191. The fourth-order valence-corrected chi connectivity index (χ4v) is 4.84. The number of nitrogens with one attached hydrogen (secondary N) is 2. The Bertz CT molecular complexity index is 1450. The third kappa shape index (κ3) is 4.93. The monoisotopic (exact) mass is 474 g/mol. The van der Waals surface area contributed by atoms with Crippen LogP contribution in [0, 0.1) is 13.8 Å². The molecule has 0 spiro atoms. The van der Waals surface area contributed by atoms with E-state index in [0.29, 0.717) is 5.56 Å².